The molecule has 0 atom stereocenters. The van der Waals surface area contributed by atoms with Crippen molar-refractivity contribution in [3.05, 3.63) is 51.8 Å². The minimum atomic E-state index is -3.35. The molecular formula is C14H15N3O4S. The van der Waals surface area contributed by atoms with Crippen molar-refractivity contribution >= 4 is 21.8 Å². The van der Waals surface area contributed by atoms with Gasteiger partial charge in [0.05, 0.1) is 18.5 Å². The van der Waals surface area contributed by atoms with Gasteiger partial charge in [0.2, 0.25) is 15.9 Å². The Morgan fingerprint density at radius 2 is 2.09 bits per heavy atom. The van der Waals surface area contributed by atoms with Crippen molar-refractivity contribution in [1.29, 1.82) is 0 Å². The number of rotatable bonds is 4. The lowest BCUT2D eigenvalue weighted by Crippen LogP contribution is -2.34. The highest BCUT2D eigenvalue weighted by molar-refractivity contribution is 7.92. The van der Waals surface area contributed by atoms with Gasteiger partial charge in [-0.05, 0) is 23.6 Å². The Morgan fingerprint density at radius 3 is 2.77 bits per heavy atom. The number of aromatic amines is 1. The average molecular weight is 321 g/mol. The number of nitrogens with one attached hydrogen (secondary N) is 1. The van der Waals surface area contributed by atoms with Gasteiger partial charge in [-0.15, -0.1) is 5.10 Å². The first kappa shape index (κ1) is 14.6. The van der Waals surface area contributed by atoms with E-state index in [1.807, 2.05) is 24.3 Å². The van der Waals surface area contributed by atoms with Gasteiger partial charge >= 0.3 is 5.76 Å². The van der Waals surface area contributed by atoms with Crippen LogP contribution >= 0.6 is 0 Å². The minimum absolute atomic E-state index is 0.296. The van der Waals surface area contributed by atoms with Gasteiger partial charge in [0.15, 0.2) is 0 Å². The quantitative estimate of drug-likeness (QED) is 0.911. The lowest BCUT2D eigenvalue weighted by Gasteiger charge is -2.29. The lowest BCUT2D eigenvalue weighted by molar-refractivity contribution is 0.461. The molecule has 1 aromatic carbocycles. The molecule has 0 spiro atoms. The number of nitrogens with zero attached hydrogens (tertiary/aromatic N) is 2. The number of hydrogen-bond donors (Lipinski definition) is 1. The summed E-state index contributed by atoms with van der Waals surface area (Å²) < 4.78 is 30.2. The van der Waals surface area contributed by atoms with Crippen LogP contribution in [0.4, 0.5) is 5.69 Å². The first-order valence-corrected chi connectivity index (χ1v) is 8.59. The number of aryl methyl sites for hydroxylation is 1. The molecule has 0 aliphatic carbocycles. The van der Waals surface area contributed by atoms with Gasteiger partial charge in [-0.1, -0.05) is 24.3 Å². The number of hydrogen-bond acceptors (Lipinski definition) is 5. The molecule has 1 aromatic heterocycles. The molecule has 116 valence electrons. The van der Waals surface area contributed by atoms with Crippen molar-refractivity contribution in [3.8, 4) is 0 Å². The van der Waals surface area contributed by atoms with Gasteiger partial charge in [-0.25, -0.2) is 18.3 Å². The molecule has 3 rings (SSSR count). The molecule has 8 heteroatoms. The van der Waals surface area contributed by atoms with Gasteiger partial charge in [-0.3, -0.25) is 4.31 Å². The minimum Gasteiger partial charge on any atom is -0.392 e. The van der Waals surface area contributed by atoms with E-state index >= 15 is 0 Å². The largest absolute Gasteiger partial charge is 0.434 e. The van der Waals surface area contributed by atoms with Gasteiger partial charge in [0, 0.05) is 6.42 Å². The molecule has 0 bridgehead atoms. The molecule has 1 aliphatic heterocycles. The molecular weight excluding hydrogens is 306 g/mol. The number of benzene rings is 1. The summed E-state index contributed by atoms with van der Waals surface area (Å²) in [4.78, 5) is 10.9. The Hall–Kier alpha value is -2.35. The van der Waals surface area contributed by atoms with Crippen molar-refractivity contribution < 1.29 is 12.8 Å². The van der Waals surface area contributed by atoms with E-state index in [1.54, 1.807) is 6.07 Å². The molecule has 0 saturated carbocycles. The predicted molar refractivity (Wildman–Crippen MR) is 82.1 cm³/mol. The van der Waals surface area contributed by atoms with Crippen molar-refractivity contribution in [1.82, 2.24) is 10.2 Å². The van der Waals surface area contributed by atoms with E-state index in [0.717, 1.165) is 11.1 Å². The van der Waals surface area contributed by atoms with Crippen LogP contribution in [0, 0.1) is 0 Å². The molecule has 0 saturated heterocycles. The summed E-state index contributed by atoms with van der Waals surface area (Å²) >= 11 is 0. The highest BCUT2D eigenvalue weighted by Crippen LogP contribution is 2.31. The van der Waals surface area contributed by atoms with Gasteiger partial charge in [0.1, 0.15) is 0 Å². The fourth-order valence-corrected chi connectivity index (χ4v) is 3.38. The number of H-pyrrole nitrogens is 1. The molecule has 1 N–H and O–H groups in total. The zero-order valence-electron chi connectivity index (χ0n) is 11.9. The van der Waals surface area contributed by atoms with E-state index in [9.17, 15) is 13.2 Å². The summed E-state index contributed by atoms with van der Waals surface area (Å²) in [5, 5.41) is 5.96. The van der Waals surface area contributed by atoms with Gasteiger partial charge in [-0.2, -0.15) is 0 Å². The monoisotopic (exact) mass is 321 g/mol. The molecule has 22 heavy (non-hydrogen) atoms. The van der Waals surface area contributed by atoms with Crippen LogP contribution in [0.5, 0.6) is 0 Å². The second-order valence-electron chi connectivity index (χ2n) is 5.14. The van der Waals surface area contributed by atoms with Crippen LogP contribution in [0.25, 0.3) is 6.08 Å². The third kappa shape index (κ3) is 2.96. The van der Waals surface area contributed by atoms with Crippen molar-refractivity contribution in [3.63, 3.8) is 0 Å². The first-order chi connectivity index (χ1) is 10.4. The van der Waals surface area contributed by atoms with Crippen LogP contribution in [-0.4, -0.2) is 31.4 Å². The average Bonchev–Trinajstić information content (AvgIpc) is 2.89. The maximum atomic E-state index is 12.0. The zero-order chi connectivity index (χ0) is 15.7. The number of anilines is 1. The smallest absolute Gasteiger partial charge is 0.392 e. The lowest BCUT2D eigenvalue weighted by atomic mass is 10.0. The number of aromatic nitrogens is 2. The summed E-state index contributed by atoms with van der Waals surface area (Å²) in [6.07, 6.45) is 4.17. The van der Waals surface area contributed by atoms with E-state index in [1.165, 1.54) is 10.6 Å². The summed E-state index contributed by atoms with van der Waals surface area (Å²) in [7, 11) is -3.35. The topological polar surface area (TPSA) is 96.3 Å². The zero-order valence-corrected chi connectivity index (χ0v) is 12.8. The SMILES string of the molecule is CS(=O)(=O)N1CC(CCc2n[nH]c(=O)o2)=Cc2ccccc21. The van der Waals surface area contributed by atoms with Crippen molar-refractivity contribution in [2.24, 2.45) is 0 Å². The Bertz CT molecular complexity index is 879. The maximum Gasteiger partial charge on any atom is 0.434 e. The molecule has 2 aromatic rings. The standard InChI is InChI=1S/C14H15N3O4S/c1-22(19,20)17-9-10(6-7-13-15-16-14(18)21-13)8-11-4-2-3-5-12(11)17/h2-5,8H,6-7,9H2,1H3,(H,16,18). The predicted octanol–water partition coefficient (Wildman–Crippen LogP) is 1.16. The second-order valence-corrected chi connectivity index (χ2v) is 7.04. The third-order valence-corrected chi connectivity index (χ3v) is 4.58. The van der Waals surface area contributed by atoms with Crippen LogP contribution < -0.4 is 10.1 Å². The van der Waals surface area contributed by atoms with Crippen LogP contribution in [0.3, 0.4) is 0 Å². The van der Waals surface area contributed by atoms with E-state index in [-0.39, 0.29) is 0 Å². The summed E-state index contributed by atoms with van der Waals surface area (Å²) in [6, 6.07) is 7.34. The number of sulfonamides is 1. The Morgan fingerprint density at radius 1 is 1.32 bits per heavy atom. The Labute approximate surface area is 127 Å². The molecule has 2 heterocycles. The second kappa shape index (κ2) is 5.45. The molecule has 0 unspecified atom stereocenters. The van der Waals surface area contributed by atoms with Crippen LogP contribution in [0.15, 0.2) is 39.1 Å². The Kier molecular flexibility index (Phi) is 3.61. The number of para-hydroxylation sites is 1. The maximum absolute atomic E-state index is 12.0. The fraction of sp³-hybridized carbons (Fsp3) is 0.286. The van der Waals surface area contributed by atoms with E-state index in [4.69, 9.17) is 4.42 Å². The molecule has 0 amide bonds. The van der Waals surface area contributed by atoms with Crippen molar-refractivity contribution in [2.75, 3.05) is 17.1 Å². The van der Waals surface area contributed by atoms with Gasteiger partial charge in [0.25, 0.3) is 0 Å². The molecule has 7 nitrogen and oxygen atoms in total. The highest BCUT2D eigenvalue weighted by Gasteiger charge is 2.24. The highest BCUT2D eigenvalue weighted by atomic mass is 32.2. The normalized spacial score (nSPS) is 14.6. The van der Waals surface area contributed by atoms with E-state index in [2.05, 4.69) is 10.2 Å². The summed E-state index contributed by atoms with van der Waals surface area (Å²) in [6.45, 7) is 0.296. The van der Waals surface area contributed by atoms with Crippen LogP contribution in [0.2, 0.25) is 0 Å². The molecule has 0 fully saturated rings. The first-order valence-electron chi connectivity index (χ1n) is 6.74. The molecule has 0 radical (unpaired) electrons. The van der Waals surface area contributed by atoms with E-state index in [0.29, 0.717) is 31.0 Å². The summed E-state index contributed by atoms with van der Waals surface area (Å²) in [5.41, 5.74) is 2.48. The fourth-order valence-electron chi connectivity index (χ4n) is 2.45. The molecule has 1 aliphatic rings. The van der Waals surface area contributed by atoms with Gasteiger partial charge < -0.3 is 4.42 Å². The third-order valence-electron chi connectivity index (χ3n) is 3.45. The van der Waals surface area contributed by atoms with Crippen molar-refractivity contribution in [2.45, 2.75) is 12.8 Å². The van der Waals surface area contributed by atoms with E-state index < -0.39 is 15.8 Å². The van der Waals surface area contributed by atoms with Crippen LogP contribution in [-0.2, 0) is 16.4 Å². The van der Waals surface area contributed by atoms with Crippen LogP contribution in [0.1, 0.15) is 17.9 Å². The Balaban J connectivity index is 1.87. The summed E-state index contributed by atoms with van der Waals surface area (Å²) in [5.74, 6) is -0.272. The number of fused-ring (bicyclic) bond motifs is 1.